The maximum Gasteiger partial charge on any atom is 0.352 e. The van der Waals surface area contributed by atoms with Gasteiger partial charge in [-0.05, 0) is 13.8 Å². The Bertz CT molecular complexity index is 340. The standard InChI is InChI=1S/C12H18O8/c1-5-17-11(15)9(19-7(3)13)10(20-8(4)14)12(16)18-6-2/h9-10H,5-6H2,1-4H3/t9-,10-/m1/s1. The van der Waals surface area contributed by atoms with Gasteiger partial charge in [-0.3, -0.25) is 9.59 Å². The third-order valence-corrected chi connectivity index (χ3v) is 1.90. The Morgan fingerprint density at radius 1 is 0.750 bits per heavy atom. The predicted octanol–water partition coefficient (Wildman–Crippen LogP) is -0.0240. The minimum Gasteiger partial charge on any atom is -0.463 e. The van der Waals surface area contributed by atoms with Crippen LogP contribution in [-0.2, 0) is 38.1 Å². The second kappa shape index (κ2) is 8.89. The third-order valence-electron chi connectivity index (χ3n) is 1.90. The average molecular weight is 290 g/mol. The zero-order valence-corrected chi connectivity index (χ0v) is 11.8. The number of ether oxygens (including phenoxy) is 4. The first-order chi connectivity index (χ1) is 9.33. The molecule has 0 fully saturated rings. The second-order valence-corrected chi connectivity index (χ2v) is 3.56. The summed E-state index contributed by atoms with van der Waals surface area (Å²) in [5, 5.41) is 0. The van der Waals surface area contributed by atoms with Crippen molar-refractivity contribution in [2.45, 2.75) is 39.9 Å². The Hall–Kier alpha value is -2.12. The lowest BCUT2D eigenvalue weighted by atomic mass is 10.2. The molecule has 0 radical (unpaired) electrons. The molecule has 8 heteroatoms. The van der Waals surface area contributed by atoms with Crippen LogP contribution in [0.1, 0.15) is 27.7 Å². The molecule has 0 amide bonds. The molecular weight excluding hydrogens is 272 g/mol. The zero-order valence-electron chi connectivity index (χ0n) is 11.8. The molecule has 0 bridgehead atoms. The van der Waals surface area contributed by atoms with E-state index >= 15 is 0 Å². The lowest BCUT2D eigenvalue weighted by Gasteiger charge is -2.23. The third kappa shape index (κ3) is 6.17. The molecule has 0 saturated carbocycles. The Morgan fingerprint density at radius 3 is 1.25 bits per heavy atom. The molecule has 0 N–H and O–H groups in total. The van der Waals surface area contributed by atoms with E-state index in [2.05, 4.69) is 9.47 Å². The molecule has 0 aliphatic rings. The van der Waals surface area contributed by atoms with Crippen molar-refractivity contribution in [3.8, 4) is 0 Å². The summed E-state index contributed by atoms with van der Waals surface area (Å²) in [4.78, 5) is 45.4. The first-order valence-corrected chi connectivity index (χ1v) is 6.01. The van der Waals surface area contributed by atoms with Crippen molar-refractivity contribution in [2.75, 3.05) is 13.2 Å². The minimum atomic E-state index is -1.70. The van der Waals surface area contributed by atoms with Gasteiger partial charge in [-0.15, -0.1) is 0 Å². The summed E-state index contributed by atoms with van der Waals surface area (Å²) < 4.78 is 18.8. The first kappa shape index (κ1) is 17.9. The quantitative estimate of drug-likeness (QED) is 0.475. The molecule has 0 aromatic heterocycles. The monoisotopic (exact) mass is 290 g/mol. The Labute approximate surface area is 116 Å². The maximum absolute atomic E-state index is 11.7. The number of carbonyl (C=O) groups excluding carboxylic acids is 4. The minimum absolute atomic E-state index is 0.00617. The van der Waals surface area contributed by atoms with Crippen LogP contribution in [0.25, 0.3) is 0 Å². The van der Waals surface area contributed by atoms with Crippen molar-refractivity contribution in [1.82, 2.24) is 0 Å². The van der Waals surface area contributed by atoms with E-state index in [4.69, 9.17) is 9.47 Å². The van der Waals surface area contributed by atoms with Gasteiger partial charge in [-0.25, -0.2) is 9.59 Å². The number of hydrogen-bond donors (Lipinski definition) is 0. The highest BCUT2D eigenvalue weighted by molar-refractivity contribution is 5.89. The van der Waals surface area contributed by atoms with E-state index in [-0.39, 0.29) is 13.2 Å². The topological polar surface area (TPSA) is 105 Å². The van der Waals surface area contributed by atoms with Crippen LogP contribution in [0.5, 0.6) is 0 Å². The number of hydrogen-bond acceptors (Lipinski definition) is 8. The smallest absolute Gasteiger partial charge is 0.352 e. The summed E-state index contributed by atoms with van der Waals surface area (Å²) in [6, 6.07) is 0. The molecule has 0 heterocycles. The van der Waals surface area contributed by atoms with Crippen molar-refractivity contribution in [1.29, 1.82) is 0 Å². The van der Waals surface area contributed by atoms with Crippen LogP contribution >= 0.6 is 0 Å². The van der Waals surface area contributed by atoms with Crippen molar-refractivity contribution in [3.63, 3.8) is 0 Å². The molecule has 2 atom stereocenters. The van der Waals surface area contributed by atoms with Crippen LogP contribution in [-0.4, -0.2) is 49.3 Å². The van der Waals surface area contributed by atoms with Crippen LogP contribution in [0.15, 0.2) is 0 Å². The fraction of sp³-hybridized carbons (Fsp3) is 0.667. The van der Waals surface area contributed by atoms with Crippen LogP contribution < -0.4 is 0 Å². The number of esters is 4. The maximum atomic E-state index is 11.7. The Morgan fingerprint density at radius 2 is 1.05 bits per heavy atom. The lowest BCUT2D eigenvalue weighted by Crippen LogP contribution is -2.47. The van der Waals surface area contributed by atoms with Gasteiger partial charge >= 0.3 is 23.9 Å². The van der Waals surface area contributed by atoms with E-state index in [1.807, 2.05) is 0 Å². The summed E-state index contributed by atoms with van der Waals surface area (Å²) >= 11 is 0. The summed E-state index contributed by atoms with van der Waals surface area (Å²) in [5.74, 6) is -3.65. The Kier molecular flexibility index (Phi) is 7.95. The van der Waals surface area contributed by atoms with Crippen molar-refractivity contribution >= 4 is 23.9 Å². The molecule has 20 heavy (non-hydrogen) atoms. The van der Waals surface area contributed by atoms with Gasteiger partial charge in [0.05, 0.1) is 13.2 Å². The molecule has 0 aromatic carbocycles. The van der Waals surface area contributed by atoms with Gasteiger partial charge in [0.25, 0.3) is 0 Å². The summed E-state index contributed by atoms with van der Waals surface area (Å²) in [6.07, 6.45) is -3.40. The molecule has 0 aliphatic heterocycles. The molecule has 8 nitrogen and oxygen atoms in total. The van der Waals surface area contributed by atoms with Crippen molar-refractivity contribution < 1.29 is 38.1 Å². The van der Waals surface area contributed by atoms with Gasteiger partial charge in [-0.2, -0.15) is 0 Å². The van der Waals surface area contributed by atoms with E-state index < -0.39 is 36.1 Å². The van der Waals surface area contributed by atoms with Crippen LogP contribution in [0.3, 0.4) is 0 Å². The highest BCUT2D eigenvalue weighted by Gasteiger charge is 2.41. The average Bonchev–Trinajstić information content (AvgIpc) is 2.33. The summed E-state index contributed by atoms with van der Waals surface area (Å²) in [6.45, 7) is 5.17. The summed E-state index contributed by atoms with van der Waals surface area (Å²) in [5.41, 5.74) is 0. The van der Waals surface area contributed by atoms with E-state index in [0.29, 0.717) is 0 Å². The number of carbonyl (C=O) groups is 4. The lowest BCUT2D eigenvalue weighted by molar-refractivity contribution is -0.190. The molecule has 0 aromatic rings. The first-order valence-electron chi connectivity index (χ1n) is 6.01. The molecule has 114 valence electrons. The van der Waals surface area contributed by atoms with E-state index in [9.17, 15) is 19.2 Å². The highest BCUT2D eigenvalue weighted by Crippen LogP contribution is 2.10. The normalized spacial score (nSPS) is 12.8. The van der Waals surface area contributed by atoms with Gasteiger partial charge in [0.15, 0.2) is 0 Å². The van der Waals surface area contributed by atoms with Crippen molar-refractivity contribution in [3.05, 3.63) is 0 Å². The van der Waals surface area contributed by atoms with Crippen LogP contribution in [0, 0.1) is 0 Å². The molecular formula is C12H18O8. The van der Waals surface area contributed by atoms with Gasteiger partial charge < -0.3 is 18.9 Å². The van der Waals surface area contributed by atoms with E-state index in [1.165, 1.54) is 13.8 Å². The predicted molar refractivity (Wildman–Crippen MR) is 64.4 cm³/mol. The van der Waals surface area contributed by atoms with Gasteiger partial charge in [0.1, 0.15) is 0 Å². The molecule has 0 saturated heterocycles. The fourth-order valence-electron chi connectivity index (χ4n) is 1.27. The largest absolute Gasteiger partial charge is 0.463 e. The van der Waals surface area contributed by atoms with Crippen molar-refractivity contribution in [2.24, 2.45) is 0 Å². The van der Waals surface area contributed by atoms with Gasteiger partial charge in [0.2, 0.25) is 12.2 Å². The van der Waals surface area contributed by atoms with E-state index in [0.717, 1.165) is 13.8 Å². The fourth-order valence-corrected chi connectivity index (χ4v) is 1.27. The molecule has 0 spiro atoms. The highest BCUT2D eigenvalue weighted by atomic mass is 16.6. The van der Waals surface area contributed by atoms with Gasteiger partial charge in [0, 0.05) is 13.8 Å². The zero-order chi connectivity index (χ0) is 15.7. The molecule has 0 aliphatic carbocycles. The Balaban J connectivity index is 5.24. The SMILES string of the molecule is CCOC(=O)[C@H](OC(C)=O)[C@@H](OC(C)=O)C(=O)OCC. The van der Waals surface area contributed by atoms with E-state index in [1.54, 1.807) is 0 Å². The van der Waals surface area contributed by atoms with Crippen LogP contribution in [0.4, 0.5) is 0 Å². The van der Waals surface area contributed by atoms with Gasteiger partial charge in [-0.1, -0.05) is 0 Å². The summed E-state index contributed by atoms with van der Waals surface area (Å²) in [7, 11) is 0. The van der Waals surface area contributed by atoms with Crippen LogP contribution in [0.2, 0.25) is 0 Å². The molecule has 0 rings (SSSR count). The second-order valence-electron chi connectivity index (χ2n) is 3.56. The molecule has 0 unspecified atom stereocenters. The number of rotatable bonds is 7.